The minimum Gasteiger partial charge on any atom is -0.455 e. The smallest absolute Gasteiger partial charge is 0.167 e. The van der Waals surface area contributed by atoms with Gasteiger partial charge in [-0.15, -0.1) is 11.3 Å². The number of benzene rings is 7. The van der Waals surface area contributed by atoms with Crippen molar-refractivity contribution in [3.05, 3.63) is 158 Å². The van der Waals surface area contributed by atoms with Crippen LogP contribution < -0.4 is 0 Å². The molecular formula is C45H26N4OS. The summed E-state index contributed by atoms with van der Waals surface area (Å²) in [6, 6.07) is 54.9. The zero-order valence-electron chi connectivity index (χ0n) is 27.1. The molecule has 0 fully saturated rings. The highest BCUT2D eigenvalue weighted by molar-refractivity contribution is 7.26. The van der Waals surface area contributed by atoms with Gasteiger partial charge in [0.05, 0.1) is 16.6 Å². The lowest BCUT2D eigenvalue weighted by molar-refractivity contribution is 0.669. The largest absolute Gasteiger partial charge is 0.455 e. The summed E-state index contributed by atoms with van der Waals surface area (Å²) in [4.78, 5) is 15.4. The Morgan fingerprint density at radius 1 is 0.451 bits per heavy atom. The van der Waals surface area contributed by atoms with Crippen LogP contribution >= 0.6 is 11.3 Å². The molecule has 0 amide bonds. The third-order valence-electron chi connectivity index (χ3n) is 9.87. The van der Waals surface area contributed by atoms with Crippen LogP contribution in [0, 0.1) is 0 Å². The van der Waals surface area contributed by atoms with Gasteiger partial charge in [0, 0.05) is 64.6 Å². The summed E-state index contributed by atoms with van der Waals surface area (Å²) < 4.78 is 11.5. The second-order valence-electron chi connectivity index (χ2n) is 12.8. The summed E-state index contributed by atoms with van der Waals surface area (Å²) in [5.74, 6) is 1.83. The third kappa shape index (κ3) is 4.30. The SMILES string of the molecule is c1ccc(-c2nc(-c3cccc4c3oc3cc(-n5c6ccccc6c6ccccc65)ccc34)nc(-c3cccc4c3sc3ccccc34)n2)cc1. The van der Waals surface area contributed by atoms with E-state index in [1.54, 1.807) is 11.3 Å². The van der Waals surface area contributed by atoms with Crippen molar-refractivity contribution in [3.8, 4) is 39.9 Å². The first-order valence-electron chi connectivity index (χ1n) is 16.9. The minimum absolute atomic E-state index is 0.573. The molecule has 6 heteroatoms. The van der Waals surface area contributed by atoms with Crippen molar-refractivity contribution in [3.63, 3.8) is 0 Å². The summed E-state index contributed by atoms with van der Waals surface area (Å²) in [6.45, 7) is 0. The molecule has 0 aliphatic carbocycles. The molecule has 5 nitrogen and oxygen atoms in total. The van der Waals surface area contributed by atoms with E-state index in [1.807, 2.05) is 36.4 Å². The van der Waals surface area contributed by atoms with Gasteiger partial charge in [-0.25, -0.2) is 15.0 Å². The molecule has 4 heterocycles. The standard InChI is InChI=1S/C45H26N4OS/c1-2-12-27(13-3-1)43-46-44(48-45(47-43)36-20-11-18-34-32-16-6-9-23-40(32)51-42(34)36)35-19-10-17-33-31-25-24-28(26-39(31)50-41(33)35)49-37-21-7-4-14-29(37)30-15-5-8-22-38(30)49/h1-26H. The second-order valence-corrected chi connectivity index (χ2v) is 13.8. The van der Waals surface area contributed by atoms with Crippen LogP contribution in [0.4, 0.5) is 0 Å². The van der Waals surface area contributed by atoms with E-state index < -0.39 is 0 Å². The van der Waals surface area contributed by atoms with Crippen LogP contribution in [0.3, 0.4) is 0 Å². The molecule has 0 saturated carbocycles. The molecule has 11 aromatic rings. The van der Waals surface area contributed by atoms with Crippen LogP contribution in [0.5, 0.6) is 0 Å². The molecule has 4 aromatic heterocycles. The van der Waals surface area contributed by atoms with E-state index in [0.717, 1.165) is 60.0 Å². The van der Waals surface area contributed by atoms with Crippen LogP contribution in [0.25, 0.3) is 104 Å². The zero-order chi connectivity index (χ0) is 33.5. The molecule has 0 saturated heterocycles. The summed E-state index contributed by atoms with van der Waals surface area (Å²) in [5.41, 5.74) is 7.68. The second kappa shape index (κ2) is 10.9. The maximum Gasteiger partial charge on any atom is 0.167 e. The van der Waals surface area contributed by atoms with Crippen LogP contribution in [-0.2, 0) is 0 Å². The van der Waals surface area contributed by atoms with Crippen LogP contribution in [-0.4, -0.2) is 19.5 Å². The molecule has 51 heavy (non-hydrogen) atoms. The van der Waals surface area contributed by atoms with Gasteiger partial charge < -0.3 is 8.98 Å². The highest BCUT2D eigenvalue weighted by Crippen LogP contribution is 2.41. The fourth-order valence-electron chi connectivity index (χ4n) is 7.56. The Kier molecular flexibility index (Phi) is 6.05. The number of aromatic nitrogens is 4. The lowest BCUT2D eigenvalue weighted by Crippen LogP contribution is -2.00. The Bertz CT molecular complexity index is 3100. The molecule has 0 unspecified atom stereocenters. The van der Waals surface area contributed by atoms with Gasteiger partial charge in [-0.05, 0) is 42.5 Å². The maximum atomic E-state index is 6.79. The molecule has 0 bridgehead atoms. The Morgan fingerprint density at radius 3 is 1.84 bits per heavy atom. The van der Waals surface area contributed by atoms with E-state index in [-0.39, 0.29) is 0 Å². The average molecular weight is 671 g/mol. The average Bonchev–Trinajstić information content (AvgIpc) is 3.87. The Balaban J connectivity index is 1.13. The van der Waals surface area contributed by atoms with Crippen molar-refractivity contribution >= 4 is 75.3 Å². The Hall–Kier alpha value is -6.63. The fourth-order valence-corrected chi connectivity index (χ4v) is 8.77. The summed E-state index contributed by atoms with van der Waals surface area (Å²) in [6.07, 6.45) is 0. The molecule has 0 radical (unpaired) electrons. The molecule has 0 spiro atoms. The highest BCUT2D eigenvalue weighted by atomic mass is 32.1. The number of nitrogens with zero attached hydrogens (tertiary/aromatic N) is 4. The quantitative estimate of drug-likeness (QED) is 0.187. The van der Waals surface area contributed by atoms with Crippen molar-refractivity contribution < 1.29 is 4.42 Å². The molecular weight excluding hydrogens is 645 g/mol. The van der Waals surface area contributed by atoms with Crippen molar-refractivity contribution in [2.24, 2.45) is 0 Å². The van der Waals surface area contributed by atoms with E-state index >= 15 is 0 Å². The van der Waals surface area contributed by atoms with Crippen molar-refractivity contribution in [1.29, 1.82) is 0 Å². The predicted molar refractivity (Wildman–Crippen MR) is 211 cm³/mol. The molecule has 0 N–H and O–H groups in total. The first-order valence-corrected chi connectivity index (χ1v) is 17.8. The van der Waals surface area contributed by atoms with Gasteiger partial charge in [0.25, 0.3) is 0 Å². The normalized spacial score (nSPS) is 11.9. The monoisotopic (exact) mass is 670 g/mol. The maximum absolute atomic E-state index is 6.79. The van der Waals surface area contributed by atoms with Gasteiger partial charge in [0.1, 0.15) is 11.2 Å². The van der Waals surface area contributed by atoms with Gasteiger partial charge in [-0.2, -0.15) is 0 Å². The van der Waals surface area contributed by atoms with Gasteiger partial charge in [0.15, 0.2) is 17.5 Å². The molecule has 0 aliphatic heterocycles. The third-order valence-corrected chi connectivity index (χ3v) is 11.1. The van der Waals surface area contributed by atoms with E-state index in [2.05, 4.69) is 126 Å². The lowest BCUT2D eigenvalue weighted by atomic mass is 10.1. The van der Waals surface area contributed by atoms with Gasteiger partial charge >= 0.3 is 0 Å². The van der Waals surface area contributed by atoms with Crippen LogP contribution in [0.15, 0.2) is 162 Å². The number of thiophene rings is 1. The van der Waals surface area contributed by atoms with Crippen molar-refractivity contribution in [1.82, 2.24) is 19.5 Å². The fraction of sp³-hybridized carbons (Fsp3) is 0. The van der Waals surface area contributed by atoms with Crippen molar-refractivity contribution in [2.45, 2.75) is 0 Å². The van der Waals surface area contributed by atoms with Crippen LogP contribution in [0.2, 0.25) is 0 Å². The number of furan rings is 1. The van der Waals surface area contributed by atoms with Crippen molar-refractivity contribution in [2.75, 3.05) is 0 Å². The van der Waals surface area contributed by atoms with Crippen LogP contribution in [0.1, 0.15) is 0 Å². The molecule has 238 valence electrons. The first-order chi connectivity index (χ1) is 25.3. The molecule has 11 rings (SSSR count). The van der Waals surface area contributed by atoms with Gasteiger partial charge in [-0.1, -0.05) is 109 Å². The molecule has 0 atom stereocenters. The molecule has 0 aliphatic rings. The minimum atomic E-state index is 0.573. The summed E-state index contributed by atoms with van der Waals surface area (Å²) in [5, 5.41) is 6.96. The number of hydrogen-bond donors (Lipinski definition) is 0. The molecule has 7 aromatic carbocycles. The number of para-hydroxylation sites is 3. The van der Waals surface area contributed by atoms with E-state index in [9.17, 15) is 0 Å². The predicted octanol–water partition coefficient (Wildman–Crippen LogP) is 12.2. The number of hydrogen-bond acceptors (Lipinski definition) is 5. The lowest BCUT2D eigenvalue weighted by Gasteiger charge is -2.09. The summed E-state index contributed by atoms with van der Waals surface area (Å²) >= 11 is 1.77. The number of fused-ring (bicyclic) bond motifs is 9. The summed E-state index contributed by atoms with van der Waals surface area (Å²) in [7, 11) is 0. The topological polar surface area (TPSA) is 56.7 Å². The highest BCUT2D eigenvalue weighted by Gasteiger charge is 2.20. The zero-order valence-corrected chi connectivity index (χ0v) is 27.9. The Labute approximate surface area is 295 Å². The van der Waals surface area contributed by atoms with Gasteiger partial charge in [-0.3, -0.25) is 0 Å². The first kappa shape index (κ1) is 28.2. The number of rotatable bonds is 4. The van der Waals surface area contributed by atoms with Gasteiger partial charge in [0.2, 0.25) is 0 Å². The van der Waals surface area contributed by atoms with E-state index in [1.165, 1.54) is 26.2 Å². The Morgan fingerprint density at radius 2 is 1.06 bits per heavy atom. The van der Waals surface area contributed by atoms with E-state index in [4.69, 9.17) is 19.4 Å². The van der Waals surface area contributed by atoms with E-state index in [0.29, 0.717) is 17.5 Å².